The number of nitrogens with one attached hydrogen (secondary N) is 1. The summed E-state index contributed by atoms with van der Waals surface area (Å²) in [5.74, 6) is -0.0507. The SMILES string of the molecule is CCCCCC(=O)NCCCn1c(-c2ccc(OC(F)(F)F)cc2)csc1=NC(=O)c1ccc(OC)cc1OC. The van der Waals surface area contributed by atoms with E-state index in [-0.39, 0.29) is 17.2 Å². The van der Waals surface area contributed by atoms with Gasteiger partial charge < -0.3 is 24.1 Å². The summed E-state index contributed by atoms with van der Waals surface area (Å²) < 4.78 is 54.1. The van der Waals surface area contributed by atoms with Crippen LogP contribution in [-0.2, 0) is 11.3 Å². The molecule has 8 nitrogen and oxygen atoms in total. The number of carbonyl (C=O) groups is 2. The number of hydrogen-bond donors (Lipinski definition) is 1. The first-order valence-corrected chi connectivity index (χ1v) is 13.7. The number of aromatic nitrogens is 1. The highest BCUT2D eigenvalue weighted by molar-refractivity contribution is 7.07. The number of alkyl halides is 3. The fraction of sp³-hybridized carbons (Fsp3) is 0.393. The normalized spacial score (nSPS) is 11.8. The fourth-order valence-electron chi connectivity index (χ4n) is 3.90. The monoisotopic (exact) mass is 579 g/mol. The van der Waals surface area contributed by atoms with Crippen LogP contribution in [0.25, 0.3) is 11.3 Å². The minimum absolute atomic E-state index is 0.0177. The summed E-state index contributed by atoms with van der Waals surface area (Å²) in [4.78, 5) is 29.9. The van der Waals surface area contributed by atoms with Crippen molar-refractivity contribution >= 4 is 23.2 Å². The van der Waals surface area contributed by atoms with Crippen molar-refractivity contribution in [2.24, 2.45) is 4.99 Å². The molecule has 1 aromatic heterocycles. The Bertz CT molecular complexity index is 1350. The lowest BCUT2D eigenvalue weighted by Gasteiger charge is -2.12. The Kier molecular flexibility index (Phi) is 11.2. The predicted molar refractivity (Wildman–Crippen MR) is 146 cm³/mol. The Morgan fingerprint density at radius 2 is 1.73 bits per heavy atom. The zero-order valence-corrected chi connectivity index (χ0v) is 23.4. The molecule has 0 unspecified atom stereocenters. The average Bonchev–Trinajstić information content (AvgIpc) is 3.32. The molecule has 0 aliphatic heterocycles. The summed E-state index contributed by atoms with van der Waals surface area (Å²) in [6.07, 6.45) is -0.922. The zero-order chi connectivity index (χ0) is 29.1. The molecule has 3 aromatic rings. The van der Waals surface area contributed by atoms with Crippen LogP contribution < -0.4 is 24.3 Å². The number of rotatable bonds is 13. The van der Waals surface area contributed by atoms with Gasteiger partial charge in [0.1, 0.15) is 17.2 Å². The van der Waals surface area contributed by atoms with Crippen LogP contribution in [0.15, 0.2) is 52.8 Å². The number of ether oxygens (including phenoxy) is 3. The van der Waals surface area contributed by atoms with Crippen LogP contribution in [0.1, 0.15) is 49.4 Å². The largest absolute Gasteiger partial charge is 0.573 e. The van der Waals surface area contributed by atoms with E-state index in [0.717, 1.165) is 19.3 Å². The number of halogens is 3. The number of thiazole rings is 1. The fourth-order valence-corrected chi connectivity index (χ4v) is 4.84. The molecule has 1 N–H and O–H groups in total. The average molecular weight is 580 g/mol. The van der Waals surface area contributed by atoms with Gasteiger partial charge in [0.2, 0.25) is 5.91 Å². The number of unbranched alkanes of at least 4 members (excludes halogenated alkanes) is 2. The molecule has 0 aliphatic rings. The van der Waals surface area contributed by atoms with Crippen LogP contribution in [0.4, 0.5) is 13.2 Å². The van der Waals surface area contributed by atoms with Crippen LogP contribution in [0.5, 0.6) is 17.2 Å². The summed E-state index contributed by atoms with van der Waals surface area (Å²) in [5, 5.41) is 4.68. The van der Waals surface area contributed by atoms with E-state index in [0.29, 0.717) is 53.5 Å². The van der Waals surface area contributed by atoms with Gasteiger partial charge in [0.15, 0.2) is 4.80 Å². The Balaban J connectivity index is 1.88. The summed E-state index contributed by atoms with van der Waals surface area (Å²) in [6.45, 7) is 2.90. The van der Waals surface area contributed by atoms with Crippen molar-refractivity contribution in [3.63, 3.8) is 0 Å². The second kappa shape index (κ2) is 14.5. The van der Waals surface area contributed by atoms with E-state index >= 15 is 0 Å². The van der Waals surface area contributed by atoms with Crippen LogP contribution >= 0.6 is 11.3 Å². The summed E-state index contributed by atoms with van der Waals surface area (Å²) in [7, 11) is 2.95. The van der Waals surface area contributed by atoms with Crippen LogP contribution in [-0.4, -0.2) is 43.5 Å². The number of methoxy groups -OCH3 is 2. The van der Waals surface area contributed by atoms with E-state index in [1.54, 1.807) is 28.1 Å². The minimum atomic E-state index is -4.79. The zero-order valence-electron chi connectivity index (χ0n) is 22.5. The first kappa shape index (κ1) is 30.7. The molecule has 0 atom stereocenters. The maximum atomic E-state index is 13.1. The Morgan fingerprint density at radius 3 is 2.38 bits per heavy atom. The maximum Gasteiger partial charge on any atom is 0.573 e. The van der Waals surface area contributed by atoms with Crippen LogP contribution in [0.3, 0.4) is 0 Å². The third-order valence-corrected chi connectivity index (χ3v) is 6.77. The smallest absolute Gasteiger partial charge is 0.497 e. The number of nitrogens with zero attached hydrogens (tertiary/aromatic N) is 2. The van der Waals surface area contributed by atoms with E-state index in [9.17, 15) is 22.8 Å². The molecule has 0 spiro atoms. The van der Waals surface area contributed by atoms with Gasteiger partial charge in [-0.3, -0.25) is 9.59 Å². The molecule has 0 bridgehead atoms. The topological polar surface area (TPSA) is 91.2 Å². The van der Waals surface area contributed by atoms with Crippen LogP contribution in [0, 0.1) is 0 Å². The number of hydrogen-bond acceptors (Lipinski definition) is 6. The molecule has 0 fully saturated rings. The molecule has 216 valence electrons. The van der Waals surface area contributed by atoms with Gasteiger partial charge in [-0.1, -0.05) is 19.8 Å². The molecule has 0 saturated heterocycles. The maximum absolute atomic E-state index is 13.1. The van der Waals surface area contributed by atoms with E-state index in [1.165, 1.54) is 49.8 Å². The van der Waals surface area contributed by atoms with E-state index in [4.69, 9.17) is 9.47 Å². The second-order valence-corrected chi connectivity index (χ2v) is 9.61. The highest BCUT2D eigenvalue weighted by Gasteiger charge is 2.31. The van der Waals surface area contributed by atoms with Crippen molar-refractivity contribution in [2.75, 3.05) is 20.8 Å². The summed E-state index contributed by atoms with van der Waals surface area (Å²) >= 11 is 1.22. The van der Waals surface area contributed by atoms with Gasteiger partial charge >= 0.3 is 6.36 Å². The number of benzene rings is 2. The van der Waals surface area contributed by atoms with Crippen molar-refractivity contribution in [1.29, 1.82) is 0 Å². The molecule has 2 amide bonds. The first-order valence-electron chi connectivity index (χ1n) is 12.8. The molecule has 2 aromatic carbocycles. The quantitative estimate of drug-likeness (QED) is 0.253. The van der Waals surface area contributed by atoms with E-state index < -0.39 is 12.3 Å². The van der Waals surface area contributed by atoms with Crippen molar-refractivity contribution in [1.82, 2.24) is 9.88 Å². The van der Waals surface area contributed by atoms with Gasteiger partial charge in [0, 0.05) is 31.0 Å². The van der Waals surface area contributed by atoms with E-state index in [2.05, 4.69) is 22.0 Å². The van der Waals surface area contributed by atoms with Crippen molar-refractivity contribution in [2.45, 2.75) is 51.9 Å². The molecule has 1 heterocycles. The molecular formula is C28H32F3N3O5S. The van der Waals surface area contributed by atoms with Crippen molar-refractivity contribution in [3.05, 3.63) is 58.2 Å². The summed E-state index contributed by atoms with van der Waals surface area (Å²) in [5.41, 5.74) is 1.52. The summed E-state index contributed by atoms with van der Waals surface area (Å²) in [6, 6.07) is 10.3. The van der Waals surface area contributed by atoms with Gasteiger partial charge in [-0.25, -0.2) is 0 Å². The van der Waals surface area contributed by atoms with Gasteiger partial charge in [-0.15, -0.1) is 24.5 Å². The second-order valence-electron chi connectivity index (χ2n) is 8.77. The molecule has 0 aliphatic carbocycles. The third kappa shape index (κ3) is 8.87. The molecular weight excluding hydrogens is 547 g/mol. The lowest BCUT2D eigenvalue weighted by Crippen LogP contribution is -2.26. The predicted octanol–water partition coefficient (Wildman–Crippen LogP) is 5.96. The molecule has 40 heavy (non-hydrogen) atoms. The highest BCUT2D eigenvalue weighted by Crippen LogP contribution is 2.28. The minimum Gasteiger partial charge on any atom is -0.497 e. The van der Waals surface area contributed by atoms with Crippen LogP contribution in [0.2, 0.25) is 0 Å². The molecule has 0 saturated carbocycles. The standard InChI is InChI=1S/C28H32F3N3O5S/c1-4-5-6-8-25(35)32-15-7-16-34-23(19-9-11-20(12-10-19)39-28(29,30)31)18-40-27(34)33-26(36)22-14-13-21(37-2)17-24(22)38-3/h9-14,17-18H,4-8,15-16H2,1-3H3,(H,32,35). The first-order chi connectivity index (χ1) is 19.1. The van der Waals surface area contributed by atoms with Gasteiger partial charge in [-0.05, 0) is 54.8 Å². The number of carbonyl (C=O) groups excluding carboxylic acids is 2. The van der Waals surface area contributed by atoms with Gasteiger partial charge in [0.25, 0.3) is 5.91 Å². The Morgan fingerprint density at radius 1 is 1.00 bits per heavy atom. The molecule has 0 radical (unpaired) electrons. The highest BCUT2D eigenvalue weighted by atomic mass is 32.1. The number of amides is 2. The third-order valence-electron chi connectivity index (χ3n) is 5.91. The van der Waals surface area contributed by atoms with Gasteiger partial charge in [-0.2, -0.15) is 4.99 Å². The van der Waals surface area contributed by atoms with Crippen molar-refractivity contribution < 1.29 is 37.0 Å². The van der Waals surface area contributed by atoms with E-state index in [1.807, 2.05) is 0 Å². The molecule has 3 rings (SSSR count). The van der Waals surface area contributed by atoms with Gasteiger partial charge in [0.05, 0.1) is 25.5 Å². The lowest BCUT2D eigenvalue weighted by atomic mass is 10.1. The van der Waals surface area contributed by atoms with Crippen molar-refractivity contribution in [3.8, 4) is 28.5 Å². The Labute approximate surface area is 234 Å². The Hall–Kier alpha value is -3.80. The lowest BCUT2D eigenvalue weighted by molar-refractivity contribution is -0.274. The molecule has 12 heteroatoms.